The normalized spacial score (nSPS) is 13.7. The van der Waals surface area contributed by atoms with Crippen molar-refractivity contribution >= 4 is 35.6 Å². The molecule has 0 saturated carbocycles. The standard InChI is InChI=1S/C20H26N4O.HI/c1-14(2)25-18-11-9-16(10-12-18)24-20(21)22-13-17-8-7-15-5-3-4-6-19(15)23-17;/h7-12,14H,3-6,13H2,1-2H3,(H3,21,22,24);1H. The molecule has 1 aromatic heterocycles. The van der Waals surface area contributed by atoms with Crippen molar-refractivity contribution < 1.29 is 4.74 Å². The number of nitrogens with zero attached hydrogens (tertiary/aromatic N) is 2. The number of hydrogen-bond acceptors (Lipinski definition) is 3. The predicted octanol–water partition coefficient (Wildman–Crippen LogP) is 4.29. The Balaban J connectivity index is 0.00000243. The van der Waals surface area contributed by atoms with Gasteiger partial charge in [-0.3, -0.25) is 4.98 Å². The fraction of sp³-hybridized carbons (Fsp3) is 0.400. The lowest BCUT2D eigenvalue weighted by molar-refractivity contribution is 0.242. The Labute approximate surface area is 172 Å². The molecule has 26 heavy (non-hydrogen) atoms. The molecule has 0 aliphatic heterocycles. The number of ether oxygens (including phenoxy) is 1. The molecule has 6 heteroatoms. The number of nitrogens with one attached hydrogen (secondary N) is 1. The summed E-state index contributed by atoms with van der Waals surface area (Å²) in [6.07, 6.45) is 4.88. The molecule has 1 aliphatic rings. The quantitative estimate of drug-likeness (QED) is 0.392. The van der Waals surface area contributed by atoms with Crippen LogP contribution in [0.3, 0.4) is 0 Å². The van der Waals surface area contributed by atoms with Gasteiger partial charge in [0.05, 0.1) is 18.3 Å². The average molecular weight is 466 g/mol. The van der Waals surface area contributed by atoms with Gasteiger partial charge in [-0.05, 0) is 75.4 Å². The van der Waals surface area contributed by atoms with E-state index < -0.39 is 0 Å². The minimum absolute atomic E-state index is 0. The number of hydrogen-bond donors (Lipinski definition) is 2. The van der Waals surface area contributed by atoms with E-state index in [-0.39, 0.29) is 30.1 Å². The molecule has 1 heterocycles. The van der Waals surface area contributed by atoms with E-state index in [0.29, 0.717) is 12.5 Å². The van der Waals surface area contributed by atoms with Gasteiger partial charge in [0.15, 0.2) is 5.96 Å². The van der Waals surface area contributed by atoms with Gasteiger partial charge in [-0.1, -0.05) is 6.07 Å². The van der Waals surface area contributed by atoms with E-state index in [1.165, 1.54) is 24.1 Å². The smallest absolute Gasteiger partial charge is 0.193 e. The van der Waals surface area contributed by atoms with Crippen LogP contribution in [0.1, 0.15) is 43.6 Å². The van der Waals surface area contributed by atoms with Crippen LogP contribution in [0.4, 0.5) is 5.69 Å². The third kappa shape index (κ3) is 5.86. The molecule has 0 unspecified atom stereocenters. The van der Waals surface area contributed by atoms with Crippen molar-refractivity contribution in [2.75, 3.05) is 5.32 Å². The Hall–Kier alpha value is -1.83. The summed E-state index contributed by atoms with van der Waals surface area (Å²) in [4.78, 5) is 9.12. The molecule has 0 bridgehead atoms. The van der Waals surface area contributed by atoms with Gasteiger partial charge in [0.25, 0.3) is 0 Å². The summed E-state index contributed by atoms with van der Waals surface area (Å²) in [5.74, 6) is 1.23. The summed E-state index contributed by atoms with van der Waals surface area (Å²) in [5.41, 5.74) is 10.5. The van der Waals surface area contributed by atoms with Crippen molar-refractivity contribution in [3.05, 3.63) is 53.3 Å². The molecule has 0 saturated heterocycles. The van der Waals surface area contributed by atoms with Crippen molar-refractivity contribution in [1.29, 1.82) is 0 Å². The third-order valence-corrected chi connectivity index (χ3v) is 4.15. The molecule has 0 amide bonds. The minimum atomic E-state index is 0. The summed E-state index contributed by atoms with van der Waals surface area (Å²) in [6, 6.07) is 11.9. The fourth-order valence-electron chi connectivity index (χ4n) is 2.96. The Morgan fingerprint density at radius 3 is 2.62 bits per heavy atom. The van der Waals surface area contributed by atoms with Crippen LogP contribution in [0, 0.1) is 0 Å². The van der Waals surface area contributed by atoms with Gasteiger partial charge in [-0.2, -0.15) is 0 Å². The molecule has 2 aromatic rings. The van der Waals surface area contributed by atoms with Crippen molar-refractivity contribution in [2.24, 2.45) is 10.7 Å². The van der Waals surface area contributed by atoms with Crippen LogP contribution in [0.15, 0.2) is 41.4 Å². The number of halogens is 1. The lowest BCUT2D eigenvalue weighted by Crippen LogP contribution is -2.22. The van der Waals surface area contributed by atoms with Gasteiger partial charge in [0.2, 0.25) is 0 Å². The zero-order chi connectivity index (χ0) is 17.6. The van der Waals surface area contributed by atoms with E-state index in [1.54, 1.807) is 0 Å². The van der Waals surface area contributed by atoms with Gasteiger partial charge >= 0.3 is 0 Å². The highest BCUT2D eigenvalue weighted by Gasteiger charge is 2.10. The van der Waals surface area contributed by atoms with E-state index >= 15 is 0 Å². The number of aromatic nitrogens is 1. The van der Waals surface area contributed by atoms with Gasteiger partial charge in [-0.25, -0.2) is 4.99 Å². The number of aryl methyl sites for hydroxylation is 2. The predicted molar refractivity (Wildman–Crippen MR) is 117 cm³/mol. The summed E-state index contributed by atoms with van der Waals surface area (Å²) in [6.45, 7) is 4.50. The molecular weight excluding hydrogens is 439 g/mol. The Bertz CT molecular complexity index is 744. The Morgan fingerprint density at radius 2 is 1.88 bits per heavy atom. The zero-order valence-electron chi connectivity index (χ0n) is 15.4. The van der Waals surface area contributed by atoms with Crippen molar-refractivity contribution in [1.82, 2.24) is 4.98 Å². The number of guanidine groups is 1. The maximum absolute atomic E-state index is 5.99. The maximum atomic E-state index is 5.99. The Kier molecular flexibility index (Phi) is 7.68. The lowest BCUT2D eigenvalue weighted by atomic mass is 9.96. The second-order valence-electron chi connectivity index (χ2n) is 6.63. The third-order valence-electron chi connectivity index (χ3n) is 4.15. The lowest BCUT2D eigenvalue weighted by Gasteiger charge is -2.15. The van der Waals surface area contributed by atoms with Crippen LogP contribution in [0.5, 0.6) is 5.75 Å². The van der Waals surface area contributed by atoms with E-state index in [1.807, 2.05) is 38.1 Å². The van der Waals surface area contributed by atoms with Crippen molar-refractivity contribution in [3.8, 4) is 5.75 Å². The van der Waals surface area contributed by atoms with Gasteiger partial charge in [0, 0.05) is 11.4 Å². The summed E-state index contributed by atoms with van der Waals surface area (Å²) < 4.78 is 5.63. The molecule has 0 radical (unpaired) electrons. The first-order valence-electron chi connectivity index (χ1n) is 8.91. The highest BCUT2D eigenvalue weighted by atomic mass is 127. The number of fused-ring (bicyclic) bond motifs is 1. The molecule has 0 fully saturated rings. The molecular formula is C20H27IN4O. The van der Waals surface area contributed by atoms with E-state index in [9.17, 15) is 0 Å². The zero-order valence-corrected chi connectivity index (χ0v) is 17.7. The van der Waals surface area contributed by atoms with Crippen LogP contribution in [0.2, 0.25) is 0 Å². The highest BCUT2D eigenvalue weighted by Crippen LogP contribution is 2.20. The van der Waals surface area contributed by atoms with E-state index in [4.69, 9.17) is 15.5 Å². The van der Waals surface area contributed by atoms with Gasteiger partial charge in [0.1, 0.15) is 5.75 Å². The van der Waals surface area contributed by atoms with Crippen molar-refractivity contribution in [3.63, 3.8) is 0 Å². The average Bonchev–Trinajstić information content (AvgIpc) is 2.61. The second kappa shape index (κ2) is 9.75. The number of pyridine rings is 1. The van der Waals surface area contributed by atoms with Crippen LogP contribution < -0.4 is 15.8 Å². The number of benzene rings is 1. The molecule has 0 atom stereocenters. The van der Waals surface area contributed by atoms with Crippen LogP contribution in [0.25, 0.3) is 0 Å². The van der Waals surface area contributed by atoms with E-state index in [2.05, 4.69) is 22.4 Å². The second-order valence-corrected chi connectivity index (χ2v) is 6.63. The van der Waals surface area contributed by atoms with Crippen LogP contribution >= 0.6 is 24.0 Å². The fourth-order valence-corrected chi connectivity index (χ4v) is 2.96. The Morgan fingerprint density at radius 1 is 1.15 bits per heavy atom. The van der Waals surface area contributed by atoms with E-state index in [0.717, 1.165) is 30.0 Å². The maximum Gasteiger partial charge on any atom is 0.193 e. The first kappa shape index (κ1) is 20.5. The molecule has 0 spiro atoms. The van der Waals surface area contributed by atoms with Crippen molar-refractivity contribution in [2.45, 2.75) is 52.2 Å². The van der Waals surface area contributed by atoms with Gasteiger partial charge < -0.3 is 15.8 Å². The first-order chi connectivity index (χ1) is 12.1. The molecule has 3 rings (SSSR count). The van der Waals surface area contributed by atoms with Crippen LogP contribution in [-0.2, 0) is 19.4 Å². The number of rotatable bonds is 5. The summed E-state index contributed by atoms with van der Waals surface area (Å²) in [7, 11) is 0. The first-order valence-corrected chi connectivity index (χ1v) is 8.91. The number of nitrogens with two attached hydrogens (primary N) is 1. The highest BCUT2D eigenvalue weighted by molar-refractivity contribution is 14.0. The minimum Gasteiger partial charge on any atom is -0.491 e. The molecule has 5 nitrogen and oxygen atoms in total. The topological polar surface area (TPSA) is 72.5 Å². The number of aliphatic imine (C=N–C) groups is 1. The monoisotopic (exact) mass is 466 g/mol. The number of anilines is 1. The largest absolute Gasteiger partial charge is 0.491 e. The molecule has 3 N–H and O–H groups in total. The SMILES string of the molecule is CC(C)Oc1ccc(NC(N)=NCc2ccc3c(n2)CCCC3)cc1.I. The van der Waals surface area contributed by atoms with Gasteiger partial charge in [-0.15, -0.1) is 24.0 Å². The summed E-state index contributed by atoms with van der Waals surface area (Å²) >= 11 is 0. The summed E-state index contributed by atoms with van der Waals surface area (Å²) in [5, 5.41) is 3.10. The molecule has 1 aromatic carbocycles. The van der Waals surface area contributed by atoms with Crippen LogP contribution in [-0.4, -0.2) is 17.0 Å². The molecule has 1 aliphatic carbocycles. The molecule has 140 valence electrons.